The van der Waals surface area contributed by atoms with E-state index in [-0.39, 0.29) is 29.2 Å². The van der Waals surface area contributed by atoms with Gasteiger partial charge in [0.05, 0.1) is 11.6 Å². The van der Waals surface area contributed by atoms with E-state index in [0.29, 0.717) is 18.5 Å². The molecule has 30 heavy (non-hydrogen) atoms. The van der Waals surface area contributed by atoms with Crippen molar-refractivity contribution in [2.45, 2.75) is 57.5 Å². The highest BCUT2D eigenvalue weighted by Gasteiger charge is 2.49. The molecule has 2 aliphatic rings. The van der Waals surface area contributed by atoms with Crippen LogP contribution in [0.4, 0.5) is 4.39 Å². The third-order valence-electron chi connectivity index (χ3n) is 6.65. The summed E-state index contributed by atoms with van der Waals surface area (Å²) in [6, 6.07) is 9.97. The Morgan fingerprint density at radius 3 is 2.67 bits per heavy atom. The lowest BCUT2D eigenvalue weighted by Gasteiger charge is -2.56. The lowest BCUT2D eigenvalue weighted by molar-refractivity contribution is -0.143. The van der Waals surface area contributed by atoms with Gasteiger partial charge in [0.1, 0.15) is 5.82 Å². The van der Waals surface area contributed by atoms with Crippen LogP contribution in [0.15, 0.2) is 42.6 Å². The third kappa shape index (κ3) is 3.83. The van der Waals surface area contributed by atoms with Crippen molar-refractivity contribution in [2.75, 3.05) is 13.1 Å². The first-order chi connectivity index (χ1) is 14.4. The number of aromatic nitrogens is 1. The molecular weight excluding hydrogens is 381 g/mol. The Balaban J connectivity index is 1.56. The van der Waals surface area contributed by atoms with Crippen LogP contribution in [0.1, 0.15) is 61.1 Å². The molecule has 3 heterocycles. The molecule has 158 valence electrons. The molecule has 2 amide bonds. The Hall–Kier alpha value is -2.76. The monoisotopic (exact) mass is 409 g/mol. The fourth-order valence-corrected chi connectivity index (χ4v) is 5.19. The minimum atomic E-state index is -0.304. The lowest BCUT2D eigenvalue weighted by atomic mass is 9.76. The summed E-state index contributed by atoms with van der Waals surface area (Å²) >= 11 is 0. The molecule has 4 rings (SSSR count). The Bertz CT molecular complexity index is 946. The number of amides is 2. The number of nitrogens with zero attached hydrogens (tertiary/aromatic N) is 3. The summed E-state index contributed by atoms with van der Waals surface area (Å²) in [5, 5.41) is 0. The molecule has 5 nitrogen and oxygen atoms in total. The molecule has 2 saturated heterocycles. The number of hydrogen-bond donors (Lipinski definition) is 0. The van der Waals surface area contributed by atoms with Crippen LogP contribution < -0.4 is 0 Å². The van der Waals surface area contributed by atoms with E-state index in [9.17, 15) is 14.0 Å². The van der Waals surface area contributed by atoms with Crippen LogP contribution in [0.5, 0.6) is 0 Å². The van der Waals surface area contributed by atoms with Gasteiger partial charge in [-0.05, 0) is 62.4 Å². The quantitative estimate of drug-likeness (QED) is 0.775. The van der Waals surface area contributed by atoms with Crippen molar-refractivity contribution in [3.63, 3.8) is 0 Å². The van der Waals surface area contributed by atoms with Gasteiger partial charge in [-0.1, -0.05) is 12.1 Å². The molecule has 2 atom stereocenters. The standard InChI is InChI=1S/C24H28FN3O2/c1-17(29)28-14-3-5-22-24(28,2)11-4-13-27(22)23(30)19-10-12-26-21(16-19)15-18-6-8-20(25)9-7-18/h6-10,12,16,22H,3-5,11,13-15H2,1-2H3/t22-,24-/m0/s1. The van der Waals surface area contributed by atoms with Gasteiger partial charge in [-0.25, -0.2) is 4.39 Å². The zero-order chi connectivity index (χ0) is 21.3. The van der Waals surface area contributed by atoms with Gasteiger partial charge < -0.3 is 9.80 Å². The first kappa shape index (κ1) is 20.5. The maximum atomic E-state index is 13.5. The zero-order valence-electron chi connectivity index (χ0n) is 17.6. The highest BCUT2D eigenvalue weighted by atomic mass is 19.1. The van der Waals surface area contributed by atoms with Gasteiger partial charge in [-0.2, -0.15) is 0 Å². The molecule has 0 unspecified atom stereocenters. The number of carbonyl (C=O) groups is 2. The van der Waals surface area contributed by atoms with Gasteiger partial charge in [0.2, 0.25) is 5.91 Å². The number of likely N-dealkylation sites (tertiary alicyclic amines) is 2. The van der Waals surface area contributed by atoms with Crippen molar-refractivity contribution >= 4 is 11.8 Å². The topological polar surface area (TPSA) is 53.5 Å². The largest absolute Gasteiger partial charge is 0.335 e. The molecule has 0 aliphatic carbocycles. The number of carbonyl (C=O) groups excluding carboxylic acids is 2. The van der Waals surface area contributed by atoms with Crippen molar-refractivity contribution in [2.24, 2.45) is 0 Å². The van der Waals surface area contributed by atoms with Gasteiger partial charge in [0.15, 0.2) is 0 Å². The highest BCUT2D eigenvalue weighted by Crippen LogP contribution is 2.39. The zero-order valence-corrected chi connectivity index (χ0v) is 17.6. The van der Waals surface area contributed by atoms with Crippen molar-refractivity contribution in [1.29, 1.82) is 0 Å². The molecule has 2 fully saturated rings. The minimum Gasteiger partial charge on any atom is -0.335 e. The lowest BCUT2D eigenvalue weighted by Crippen LogP contribution is -2.67. The van der Waals surface area contributed by atoms with Crippen LogP contribution in [0.2, 0.25) is 0 Å². The summed E-state index contributed by atoms with van der Waals surface area (Å²) in [4.78, 5) is 34.0. The second-order valence-corrected chi connectivity index (χ2v) is 8.63. The summed E-state index contributed by atoms with van der Waals surface area (Å²) in [6.45, 7) is 5.23. The second kappa shape index (κ2) is 8.17. The third-order valence-corrected chi connectivity index (χ3v) is 6.65. The number of hydrogen-bond acceptors (Lipinski definition) is 3. The molecular formula is C24H28FN3O2. The van der Waals surface area contributed by atoms with Crippen molar-refractivity contribution in [3.05, 3.63) is 65.2 Å². The van der Waals surface area contributed by atoms with E-state index in [1.165, 1.54) is 12.1 Å². The number of halogens is 1. The molecule has 2 aliphatic heterocycles. The molecule has 0 radical (unpaired) electrons. The van der Waals surface area contributed by atoms with E-state index >= 15 is 0 Å². The Labute approximate surface area is 176 Å². The summed E-state index contributed by atoms with van der Waals surface area (Å²) in [6.07, 6.45) is 5.84. The van der Waals surface area contributed by atoms with E-state index < -0.39 is 0 Å². The van der Waals surface area contributed by atoms with E-state index in [0.717, 1.165) is 43.5 Å². The molecule has 1 aromatic heterocycles. The van der Waals surface area contributed by atoms with E-state index in [1.54, 1.807) is 31.3 Å². The van der Waals surface area contributed by atoms with E-state index in [4.69, 9.17) is 0 Å². The maximum absolute atomic E-state index is 13.5. The van der Waals surface area contributed by atoms with Crippen molar-refractivity contribution in [1.82, 2.24) is 14.8 Å². The van der Waals surface area contributed by atoms with Gasteiger partial charge in [-0.15, -0.1) is 0 Å². The molecule has 2 aromatic rings. The first-order valence-electron chi connectivity index (χ1n) is 10.7. The number of fused-ring (bicyclic) bond motifs is 1. The smallest absolute Gasteiger partial charge is 0.254 e. The molecule has 0 spiro atoms. The molecule has 0 saturated carbocycles. The van der Waals surface area contributed by atoms with Crippen LogP contribution in [-0.2, 0) is 11.2 Å². The summed E-state index contributed by atoms with van der Waals surface area (Å²) in [7, 11) is 0. The maximum Gasteiger partial charge on any atom is 0.254 e. The molecule has 0 bridgehead atoms. The van der Waals surface area contributed by atoms with Crippen LogP contribution in [0, 0.1) is 5.82 Å². The molecule has 0 N–H and O–H groups in total. The predicted octanol–water partition coefficient (Wildman–Crippen LogP) is 3.82. The van der Waals surface area contributed by atoms with Gasteiger partial charge >= 0.3 is 0 Å². The number of rotatable bonds is 3. The summed E-state index contributed by atoms with van der Waals surface area (Å²) in [5.74, 6) is -0.183. The Morgan fingerprint density at radius 2 is 1.93 bits per heavy atom. The van der Waals surface area contributed by atoms with Crippen LogP contribution in [0.25, 0.3) is 0 Å². The SMILES string of the molecule is CC(=O)N1CCC[C@@H]2N(C(=O)c3ccnc(Cc4ccc(F)cc4)c3)CCC[C@@]21C. The van der Waals surface area contributed by atoms with Crippen molar-refractivity contribution in [3.8, 4) is 0 Å². The average molecular weight is 410 g/mol. The second-order valence-electron chi connectivity index (χ2n) is 8.63. The van der Waals surface area contributed by atoms with Crippen LogP contribution >= 0.6 is 0 Å². The van der Waals surface area contributed by atoms with Crippen LogP contribution in [0.3, 0.4) is 0 Å². The summed E-state index contributed by atoms with van der Waals surface area (Å²) < 4.78 is 13.2. The number of benzene rings is 1. The normalized spacial score (nSPS) is 23.8. The van der Waals surface area contributed by atoms with Crippen molar-refractivity contribution < 1.29 is 14.0 Å². The minimum absolute atomic E-state index is 0.000849. The predicted molar refractivity (Wildman–Crippen MR) is 113 cm³/mol. The number of pyridine rings is 1. The van der Waals surface area contributed by atoms with Gasteiger partial charge in [0, 0.05) is 43.9 Å². The Morgan fingerprint density at radius 1 is 1.17 bits per heavy atom. The highest BCUT2D eigenvalue weighted by molar-refractivity contribution is 5.94. The Kier molecular flexibility index (Phi) is 5.58. The summed E-state index contributed by atoms with van der Waals surface area (Å²) in [5.41, 5.74) is 2.04. The average Bonchev–Trinajstić information content (AvgIpc) is 2.73. The molecule has 1 aromatic carbocycles. The fraction of sp³-hybridized carbons (Fsp3) is 0.458. The number of piperidine rings is 2. The van der Waals surface area contributed by atoms with E-state index in [2.05, 4.69) is 11.9 Å². The molecule has 6 heteroatoms. The fourth-order valence-electron chi connectivity index (χ4n) is 5.19. The van der Waals surface area contributed by atoms with Gasteiger partial charge in [0.25, 0.3) is 5.91 Å². The van der Waals surface area contributed by atoms with E-state index in [1.807, 2.05) is 15.9 Å². The van der Waals surface area contributed by atoms with Crippen LogP contribution in [-0.4, -0.2) is 51.3 Å². The van der Waals surface area contributed by atoms with Gasteiger partial charge in [-0.3, -0.25) is 14.6 Å². The first-order valence-corrected chi connectivity index (χ1v) is 10.7.